The largest absolute Gasteiger partial charge is 0.481 e. The lowest BCUT2D eigenvalue weighted by Gasteiger charge is -2.36. The average molecular weight is 467 g/mol. The second-order valence-electron chi connectivity index (χ2n) is 9.11. The number of rotatable bonds is 5. The molecule has 178 valence electrons. The van der Waals surface area contributed by atoms with Crippen molar-refractivity contribution in [2.45, 2.75) is 26.9 Å². The Hall–Kier alpha value is -3.93. The van der Waals surface area contributed by atoms with Gasteiger partial charge in [0.2, 0.25) is 0 Å². The second-order valence-corrected chi connectivity index (χ2v) is 9.11. The first kappa shape index (κ1) is 22.8. The van der Waals surface area contributed by atoms with Crippen molar-refractivity contribution in [3.63, 3.8) is 0 Å². The summed E-state index contributed by atoms with van der Waals surface area (Å²) in [7, 11) is 0. The van der Waals surface area contributed by atoms with E-state index in [4.69, 9.17) is 4.74 Å². The Labute approximate surface area is 206 Å². The van der Waals surface area contributed by atoms with Crippen LogP contribution < -0.4 is 9.64 Å². The molecule has 0 saturated carbocycles. The standard InChI is InChI=1S/C29H30N4O2/c1-20-7-6-10-27(21(20)2)35-22(3)29(34)33-17-15-32(16-18-33)28-14-13-26(30-31-28)25-12-11-23-8-4-5-9-24(23)19-25/h4-14,19,22H,15-18H2,1-3H3. The zero-order valence-corrected chi connectivity index (χ0v) is 20.4. The zero-order chi connectivity index (χ0) is 24.4. The average Bonchev–Trinajstić information content (AvgIpc) is 2.91. The molecular formula is C29H30N4O2. The summed E-state index contributed by atoms with van der Waals surface area (Å²) >= 11 is 0. The highest BCUT2D eigenvalue weighted by Gasteiger charge is 2.27. The number of ether oxygens (including phenoxy) is 1. The topological polar surface area (TPSA) is 58.6 Å². The smallest absolute Gasteiger partial charge is 0.263 e. The lowest BCUT2D eigenvalue weighted by Crippen LogP contribution is -2.52. The lowest BCUT2D eigenvalue weighted by atomic mass is 10.1. The Morgan fingerprint density at radius 2 is 1.63 bits per heavy atom. The van der Waals surface area contributed by atoms with Crippen molar-refractivity contribution in [3.8, 4) is 17.0 Å². The van der Waals surface area contributed by atoms with Crippen molar-refractivity contribution in [1.29, 1.82) is 0 Å². The number of carbonyl (C=O) groups is 1. The van der Waals surface area contributed by atoms with E-state index in [1.165, 1.54) is 10.8 Å². The van der Waals surface area contributed by atoms with Crippen molar-refractivity contribution in [3.05, 3.63) is 83.9 Å². The molecule has 1 aliphatic rings. The minimum atomic E-state index is -0.525. The molecule has 1 aliphatic heterocycles. The predicted molar refractivity (Wildman–Crippen MR) is 140 cm³/mol. The molecule has 3 aromatic carbocycles. The van der Waals surface area contributed by atoms with Crippen LogP contribution >= 0.6 is 0 Å². The summed E-state index contributed by atoms with van der Waals surface area (Å²) in [6.45, 7) is 8.59. The zero-order valence-electron chi connectivity index (χ0n) is 20.4. The van der Waals surface area contributed by atoms with E-state index < -0.39 is 6.10 Å². The van der Waals surface area contributed by atoms with Crippen molar-refractivity contribution in [2.24, 2.45) is 0 Å². The maximum atomic E-state index is 13.0. The third-order valence-corrected chi connectivity index (χ3v) is 6.82. The van der Waals surface area contributed by atoms with E-state index >= 15 is 0 Å². The highest BCUT2D eigenvalue weighted by molar-refractivity contribution is 5.86. The third-order valence-electron chi connectivity index (χ3n) is 6.82. The fourth-order valence-electron chi connectivity index (χ4n) is 4.50. The molecule has 0 N–H and O–H groups in total. The minimum Gasteiger partial charge on any atom is -0.481 e. The molecule has 1 unspecified atom stereocenters. The Kier molecular flexibility index (Phi) is 6.36. The van der Waals surface area contributed by atoms with Crippen LogP contribution in [0, 0.1) is 13.8 Å². The van der Waals surface area contributed by atoms with Gasteiger partial charge in [-0.25, -0.2) is 0 Å². The molecule has 35 heavy (non-hydrogen) atoms. The van der Waals surface area contributed by atoms with Crippen LogP contribution in [0.15, 0.2) is 72.8 Å². The SMILES string of the molecule is Cc1cccc(OC(C)C(=O)N2CCN(c3ccc(-c4ccc5ccccc5c4)nn3)CC2)c1C. The van der Waals surface area contributed by atoms with E-state index in [0.717, 1.165) is 34.0 Å². The Bertz CT molecular complexity index is 1340. The summed E-state index contributed by atoms with van der Waals surface area (Å²) in [6.07, 6.45) is -0.525. The van der Waals surface area contributed by atoms with Gasteiger partial charge in [0.05, 0.1) is 5.69 Å². The molecule has 6 nitrogen and oxygen atoms in total. The fraction of sp³-hybridized carbons (Fsp3) is 0.276. The molecular weight excluding hydrogens is 436 g/mol. The Morgan fingerprint density at radius 3 is 2.37 bits per heavy atom. The van der Waals surface area contributed by atoms with Crippen LogP contribution in [-0.4, -0.2) is 53.3 Å². The predicted octanol–water partition coefficient (Wildman–Crippen LogP) is 5.03. The van der Waals surface area contributed by atoms with Gasteiger partial charge in [0.15, 0.2) is 11.9 Å². The minimum absolute atomic E-state index is 0.0169. The Morgan fingerprint density at radius 1 is 0.857 bits per heavy atom. The van der Waals surface area contributed by atoms with Gasteiger partial charge in [0, 0.05) is 31.7 Å². The summed E-state index contributed by atoms with van der Waals surface area (Å²) < 4.78 is 6.01. The number of nitrogens with zero attached hydrogens (tertiary/aromatic N) is 4. The van der Waals surface area contributed by atoms with Gasteiger partial charge in [0.25, 0.3) is 5.91 Å². The molecule has 1 aromatic heterocycles. The molecule has 0 spiro atoms. The summed E-state index contributed by atoms with van der Waals surface area (Å²) in [5.74, 6) is 1.62. The van der Waals surface area contributed by atoms with Crippen LogP contribution in [0.5, 0.6) is 5.75 Å². The Balaban J connectivity index is 1.19. The van der Waals surface area contributed by atoms with Crippen LogP contribution in [0.2, 0.25) is 0 Å². The van der Waals surface area contributed by atoms with E-state index in [-0.39, 0.29) is 5.91 Å². The molecule has 1 fully saturated rings. The quantitative estimate of drug-likeness (QED) is 0.413. The number of aromatic nitrogens is 2. The van der Waals surface area contributed by atoms with Gasteiger partial charge >= 0.3 is 0 Å². The monoisotopic (exact) mass is 466 g/mol. The van der Waals surface area contributed by atoms with Crippen molar-refractivity contribution in [2.75, 3.05) is 31.1 Å². The molecule has 1 amide bonds. The number of carbonyl (C=O) groups excluding carboxylic acids is 1. The summed E-state index contributed by atoms with van der Waals surface area (Å²) in [6, 6.07) is 24.6. The molecule has 4 aromatic rings. The molecule has 0 bridgehead atoms. The van der Waals surface area contributed by atoms with Gasteiger partial charge in [-0.2, -0.15) is 0 Å². The molecule has 1 saturated heterocycles. The van der Waals surface area contributed by atoms with Crippen LogP contribution in [0.25, 0.3) is 22.0 Å². The highest BCUT2D eigenvalue weighted by atomic mass is 16.5. The van der Waals surface area contributed by atoms with E-state index in [1.54, 1.807) is 0 Å². The number of amides is 1. The van der Waals surface area contributed by atoms with E-state index in [2.05, 4.69) is 45.4 Å². The molecule has 0 aliphatic carbocycles. The number of piperazine rings is 1. The van der Waals surface area contributed by atoms with Crippen LogP contribution in [-0.2, 0) is 4.79 Å². The maximum Gasteiger partial charge on any atom is 0.263 e. The van der Waals surface area contributed by atoms with Crippen LogP contribution in [0.3, 0.4) is 0 Å². The number of aryl methyl sites for hydroxylation is 1. The number of benzene rings is 3. The van der Waals surface area contributed by atoms with Crippen molar-refractivity contribution in [1.82, 2.24) is 15.1 Å². The summed E-state index contributed by atoms with van der Waals surface area (Å²) in [5.41, 5.74) is 4.13. The van der Waals surface area contributed by atoms with E-state index in [1.807, 2.05) is 68.1 Å². The third kappa shape index (κ3) is 4.83. The number of hydrogen-bond donors (Lipinski definition) is 0. The first-order valence-electron chi connectivity index (χ1n) is 12.1. The molecule has 0 radical (unpaired) electrons. The van der Waals surface area contributed by atoms with Gasteiger partial charge in [0.1, 0.15) is 5.75 Å². The first-order chi connectivity index (χ1) is 17.0. The van der Waals surface area contributed by atoms with Gasteiger partial charge in [-0.1, -0.05) is 48.5 Å². The van der Waals surface area contributed by atoms with Gasteiger partial charge in [-0.15, -0.1) is 10.2 Å². The van der Waals surface area contributed by atoms with E-state index in [0.29, 0.717) is 26.2 Å². The van der Waals surface area contributed by atoms with Gasteiger partial charge in [-0.3, -0.25) is 4.79 Å². The lowest BCUT2D eigenvalue weighted by molar-refractivity contribution is -0.138. The number of hydrogen-bond acceptors (Lipinski definition) is 5. The van der Waals surface area contributed by atoms with Crippen LogP contribution in [0.4, 0.5) is 5.82 Å². The van der Waals surface area contributed by atoms with Gasteiger partial charge in [-0.05, 0) is 66.9 Å². The second kappa shape index (κ2) is 9.74. The maximum absolute atomic E-state index is 13.0. The first-order valence-corrected chi connectivity index (χ1v) is 12.1. The molecule has 5 rings (SSSR count). The fourth-order valence-corrected chi connectivity index (χ4v) is 4.50. The van der Waals surface area contributed by atoms with Crippen molar-refractivity contribution >= 4 is 22.5 Å². The molecule has 2 heterocycles. The summed E-state index contributed by atoms with van der Waals surface area (Å²) in [5, 5.41) is 11.4. The molecule has 6 heteroatoms. The normalized spacial score (nSPS) is 14.7. The highest BCUT2D eigenvalue weighted by Crippen LogP contribution is 2.25. The van der Waals surface area contributed by atoms with Crippen molar-refractivity contribution < 1.29 is 9.53 Å². The summed E-state index contributed by atoms with van der Waals surface area (Å²) in [4.78, 5) is 17.0. The van der Waals surface area contributed by atoms with E-state index in [9.17, 15) is 4.79 Å². The number of fused-ring (bicyclic) bond motifs is 1. The van der Waals surface area contributed by atoms with Gasteiger partial charge < -0.3 is 14.5 Å². The molecule has 1 atom stereocenters. The van der Waals surface area contributed by atoms with Crippen LogP contribution in [0.1, 0.15) is 18.1 Å². The number of anilines is 1.